The highest BCUT2D eigenvalue weighted by Gasteiger charge is 2.00. The van der Waals surface area contributed by atoms with Crippen molar-refractivity contribution in [2.75, 3.05) is 6.61 Å². The zero-order valence-corrected chi connectivity index (χ0v) is 6.90. The minimum atomic E-state index is -0.396. The van der Waals surface area contributed by atoms with Gasteiger partial charge in [0.2, 0.25) is 0 Å². The molecule has 0 spiro atoms. The molecule has 0 atom stereocenters. The summed E-state index contributed by atoms with van der Waals surface area (Å²) in [5.74, 6) is -0.396. The van der Waals surface area contributed by atoms with Crippen LogP contribution in [-0.2, 0) is 9.53 Å². The lowest BCUT2D eigenvalue weighted by Gasteiger charge is -1.95. The van der Waals surface area contributed by atoms with Gasteiger partial charge in [0.15, 0.2) is 0 Å². The summed E-state index contributed by atoms with van der Waals surface area (Å²) in [6.45, 7) is 5.45. The fraction of sp³-hybridized carbons (Fsp3) is 0.400. The molecule has 0 fully saturated rings. The fourth-order valence-corrected chi connectivity index (χ4v) is 0.324. The second-order valence-electron chi connectivity index (χ2n) is 1.13. The van der Waals surface area contributed by atoms with E-state index in [1.165, 1.54) is 0 Å². The predicted octanol–water partition coefficient (Wildman–Crippen LogP) is 1.62. The molecule has 0 radical (unpaired) electrons. The molecular formula is C5H10BrNO2. The number of carbonyl (C=O) groups is 1. The van der Waals surface area contributed by atoms with Crippen LogP contribution in [0.2, 0.25) is 0 Å². The molecule has 3 N–H and O–H groups in total. The summed E-state index contributed by atoms with van der Waals surface area (Å²) in [5, 5.41) is 0. The molecule has 0 aliphatic rings. The molecular weight excluding hydrogens is 186 g/mol. The van der Waals surface area contributed by atoms with Gasteiger partial charge in [-0.3, -0.25) is 0 Å². The third kappa shape index (κ3) is 5.52. The zero-order chi connectivity index (χ0) is 6.57. The largest absolute Gasteiger partial charge is 0.462 e. The van der Waals surface area contributed by atoms with Gasteiger partial charge in [-0.25, -0.2) is 4.79 Å². The standard InChI is InChI=1S/C5H7BrO2.H3N/c1-3-8-5(7)4(2)6;/h2-3H2,1H3;1H3. The molecule has 0 heterocycles. The van der Waals surface area contributed by atoms with Gasteiger partial charge < -0.3 is 10.9 Å². The molecule has 54 valence electrons. The minimum Gasteiger partial charge on any atom is -0.462 e. The lowest BCUT2D eigenvalue weighted by atomic mass is 10.6. The molecule has 0 amide bonds. The average Bonchev–Trinajstić information content (AvgIpc) is 1.67. The van der Waals surface area contributed by atoms with Crippen molar-refractivity contribution in [3.63, 3.8) is 0 Å². The van der Waals surface area contributed by atoms with Crippen LogP contribution in [-0.4, -0.2) is 12.6 Å². The van der Waals surface area contributed by atoms with Gasteiger partial charge in [0.25, 0.3) is 0 Å². The van der Waals surface area contributed by atoms with Gasteiger partial charge >= 0.3 is 5.97 Å². The number of halogens is 1. The molecule has 0 aromatic carbocycles. The van der Waals surface area contributed by atoms with Crippen molar-refractivity contribution in [1.82, 2.24) is 6.15 Å². The van der Waals surface area contributed by atoms with Crippen LogP contribution in [0.25, 0.3) is 0 Å². The maximum atomic E-state index is 10.4. The van der Waals surface area contributed by atoms with Crippen molar-refractivity contribution in [3.8, 4) is 0 Å². The van der Waals surface area contributed by atoms with Gasteiger partial charge in [0.05, 0.1) is 11.1 Å². The Labute approximate surface area is 62.8 Å². The molecule has 0 aromatic rings. The van der Waals surface area contributed by atoms with Gasteiger partial charge in [-0.05, 0) is 22.9 Å². The van der Waals surface area contributed by atoms with Crippen molar-refractivity contribution >= 4 is 21.9 Å². The Hall–Kier alpha value is -0.350. The van der Waals surface area contributed by atoms with E-state index in [2.05, 4.69) is 27.2 Å². The molecule has 0 aliphatic heterocycles. The first-order valence-electron chi connectivity index (χ1n) is 2.20. The van der Waals surface area contributed by atoms with Gasteiger partial charge in [-0.15, -0.1) is 0 Å². The first-order chi connectivity index (χ1) is 3.68. The highest BCUT2D eigenvalue weighted by atomic mass is 79.9. The minimum absolute atomic E-state index is 0. The topological polar surface area (TPSA) is 61.3 Å². The van der Waals surface area contributed by atoms with Crippen molar-refractivity contribution in [3.05, 3.63) is 11.1 Å². The number of ether oxygens (including phenoxy) is 1. The predicted molar refractivity (Wildman–Crippen MR) is 39.7 cm³/mol. The molecule has 0 saturated carbocycles. The van der Waals surface area contributed by atoms with Gasteiger partial charge in [0.1, 0.15) is 0 Å². The van der Waals surface area contributed by atoms with Crippen molar-refractivity contribution in [2.45, 2.75) is 6.92 Å². The Bertz CT molecular complexity index is 114. The molecule has 3 nitrogen and oxygen atoms in total. The van der Waals surface area contributed by atoms with E-state index in [1.807, 2.05) is 0 Å². The summed E-state index contributed by atoms with van der Waals surface area (Å²) in [5.41, 5.74) is 0. The quantitative estimate of drug-likeness (QED) is 0.539. The molecule has 0 saturated heterocycles. The third-order valence-corrected chi connectivity index (χ3v) is 0.821. The van der Waals surface area contributed by atoms with E-state index in [0.29, 0.717) is 6.61 Å². The lowest BCUT2D eigenvalue weighted by Crippen LogP contribution is -2.01. The van der Waals surface area contributed by atoms with Crippen molar-refractivity contribution < 1.29 is 9.53 Å². The van der Waals surface area contributed by atoms with Crippen molar-refractivity contribution in [2.24, 2.45) is 0 Å². The normalized spacial score (nSPS) is 7.33. The van der Waals surface area contributed by atoms with Gasteiger partial charge in [-0.2, -0.15) is 0 Å². The maximum Gasteiger partial charge on any atom is 0.344 e. The lowest BCUT2D eigenvalue weighted by molar-refractivity contribution is -0.137. The van der Waals surface area contributed by atoms with Crippen LogP contribution in [0.3, 0.4) is 0 Å². The van der Waals surface area contributed by atoms with Crippen LogP contribution in [0.15, 0.2) is 11.1 Å². The van der Waals surface area contributed by atoms with E-state index >= 15 is 0 Å². The summed E-state index contributed by atoms with van der Waals surface area (Å²) >= 11 is 2.87. The summed E-state index contributed by atoms with van der Waals surface area (Å²) in [7, 11) is 0. The summed E-state index contributed by atoms with van der Waals surface area (Å²) in [6.07, 6.45) is 0. The van der Waals surface area contributed by atoms with Crippen LogP contribution >= 0.6 is 15.9 Å². The summed E-state index contributed by atoms with van der Waals surface area (Å²) in [4.78, 5) is 10.4. The highest BCUT2D eigenvalue weighted by Crippen LogP contribution is 2.01. The van der Waals surface area contributed by atoms with Crippen LogP contribution < -0.4 is 6.15 Å². The second-order valence-corrected chi connectivity index (χ2v) is 2.08. The summed E-state index contributed by atoms with van der Waals surface area (Å²) < 4.78 is 4.78. The fourth-order valence-electron chi connectivity index (χ4n) is 0.209. The van der Waals surface area contributed by atoms with Crippen molar-refractivity contribution in [1.29, 1.82) is 0 Å². The third-order valence-electron chi connectivity index (χ3n) is 0.497. The van der Waals surface area contributed by atoms with Gasteiger partial charge in [-0.1, -0.05) is 6.58 Å². The number of hydrogen-bond donors (Lipinski definition) is 1. The summed E-state index contributed by atoms with van der Waals surface area (Å²) in [6, 6.07) is 0. The van der Waals surface area contributed by atoms with E-state index in [9.17, 15) is 4.79 Å². The Morgan fingerprint density at radius 1 is 1.78 bits per heavy atom. The Morgan fingerprint density at radius 3 is 2.33 bits per heavy atom. The average molecular weight is 196 g/mol. The first kappa shape index (κ1) is 11.4. The number of rotatable bonds is 2. The van der Waals surface area contributed by atoms with Gasteiger partial charge in [0, 0.05) is 0 Å². The molecule has 0 aliphatic carbocycles. The van der Waals surface area contributed by atoms with Crippen LogP contribution in [0, 0.1) is 0 Å². The molecule has 0 rings (SSSR count). The monoisotopic (exact) mass is 195 g/mol. The number of carbonyl (C=O) groups excluding carboxylic acids is 1. The number of esters is 1. The molecule has 0 bridgehead atoms. The van der Waals surface area contributed by atoms with E-state index in [4.69, 9.17) is 0 Å². The first-order valence-corrected chi connectivity index (χ1v) is 2.99. The molecule has 4 heteroatoms. The SMILES string of the molecule is C=C(Br)C(=O)OCC.N. The highest BCUT2D eigenvalue weighted by molar-refractivity contribution is 9.12. The van der Waals surface area contributed by atoms with Crippen LogP contribution in [0.1, 0.15) is 6.92 Å². The molecule has 0 aromatic heterocycles. The Balaban J connectivity index is 0. The second kappa shape index (κ2) is 5.78. The Kier molecular flexibility index (Phi) is 7.35. The van der Waals surface area contributed by atoms with E-state index in [1.54, 1.807) is 6.92 Å². The molecule has 0 unspecified atom stereocenters. The number of hydrogen-bond acceptors (Lipinski definition) is 3. The van der Waals surface area contributed by atoms with E-state index < -0.39 is 5.97 Å². The zero-order valence-electron chi connectivity index (χ0n) is 5.32. The smallest absolute Gasteiger partial charge is 0.344 e. The molecule has 9 heavy (non-hydrogen) atoms. The van der Waals surface area contributed by atoms with E-state index in [-0.39, 0.29) is 10.6 Å². The Morgan fingerprint density at radius 2 is 2.22 bits per heavy atom. The van der Waals surface area contributed by atoms with Crippen LogP contribution in [0.4, 0.5) is 0 Å². The maximum absolute atomic E-state index is 10.4. The van der Waals surface area contributed by atoms with E-state index in [0.717, 1.165) is 0 Å². The van der Waals surface area contributed by atoms with Crippen LogP contribution in [0.5, 0.6) is 0 Å².